The van der Waals surface area contributed by atoms with Crippen molar-refractivity contribution < 1.29 is 0 Å². The summed E-state index contributed by atoms with van der Waals surface area (Å²) < 4.78 is 0. The zero-order valence-electron chi connectivity index (χ0n) is 7.93. The van der Waals surface area contributed by atoms with Crippen LogP contribution >= 0.6 is 11.6 Å². The van der Waals surface area contributed by atoms with Gasteiger partial charge in [0, 0.05) is 38.1 Å². The van der Waals surface area contributed by atoms with Gasteiger partial charge in [0.2, 0.25) is 0 Å². The van der Waals surface area contributed by atoms with E-state index >= 15 is 0 Å². The Bertz CT molecular complexity index is 151. The highest BCUT2D eigenvalue weighted by atomic mass is 35.5. The van der Waals surface area contributed by atoms with Crippen LogP contribution in [0.3, 0.4) is 0 Å². The monoisotopic (exact) mass is 203 g/mol. The lowest BCUT2D eigenvalue weighted by Gasteiger charge is -2.38. The van der Waals surface area contributed by atoms with Crippen molar-refractivity contribution in [1.82, 2.24) is 15.5 Å². The first-order chi connectivity index (χ1) is 6.36. The molecule has 2 heterocycles. The van der Waals surface area contributed by atoms with E-state index in [2.05, 4.69) is 15.5 Å². The maximum atomic E-state index is 6.03. The van der Waals surface area contributed by atoms with E-state index in [1.54, 1.807) is 0 Å². The first-order valence-electron chi connectivity index (χ1n) is 5.18. The normalized spacial score (nSPS) is 37.6. The summed E-state index contributed by atoms with van der Waals surface area (Å²) in [5.41, 5.74) is 0. The molecule has 0 spiro atoms. The predicted octanol–water partition coefficient (Wildman–Crippen LogP) is 0.209. The van der Waals surface area contributed by atoms with E-state index in [0.717, 1.165) is 26.1 Å². The van der Waals surface area contributed by atoms with Gasteiger partial charge in [-0.25, -0.2) is 0 Å². The third-order valence-electron chi connectivity index (χ3n) is 2.92. The van der Waals surface area contributed by atoms with E-state index < -0.39 is 0 Å². The molecule has 0 radical (unpaired) electrons. The molecular weight excluding hydrogens is 186 g/mol. The number of piperazine rings is 1. The van der Waals surface area contributed by atoms with Crippen molar-refractivity contribution in [1.29, 1.82) is 0 Å². The van der Waals surface area contributed by atoms with E-state index in [0.29, 0.717) is 11.5 Å². The molecule has 0 aromatic heterocycles. The number of rotatable bonds is 1. The van der Waals surface area contributed by atoms with Crippen molar-refractivity contribution in [3.8, 4) is 0 Å². The molecule has 2 saturated heterocycles. The second-order valence-corrected chi connectivity index (χ2v) is 4.50. The number of piperidine rings is 1. The van der Waals surface area contributed by atoms with Gasteiger partial charge in [-0.2, -0.15) is 0 Å². The molecule has 2 unspecified atom stereocenters. The summed E-state index contributed by atoms with van der Waals surface area (Å²) in [5.74, 6) is 0. The third kappa shape index (κ3) is 2.56. The van der Waals surface area contributed by atoms with E-state index in [1.807, 2.05) is 0 Å². The highest BCUT2D eigenvalue weighted by Gasteiger charge is 2.24. The van der Waals surface area contributed by atoms with Crippen LogP contribution in [-0.4, -0.2) is 49.2 Å². The second kappa shape index (κ2) is 4.60. The van der Waals surface area contributed by atoms with Crippen molar-refractivity contribution in [3.63, 3.8) is 0 Å². The van der Waals surface area contributed by atoms with Crippen LogP contribution in [0.15, 0.2) is 0 Å². The summed E-state index contributed by atoms with van der Waals surface area (Å²) >= 11 is 6.03. The van der Waals surface area contributed by atoms with E-state index in [-0.39, 0.29) is 0 Å². The van der Waals surface area contributed by atoms with Gasteiger partial charge in [0.25, 0.3) is 0 Å². The second-order valence-electron chi connectivity index (χ2n) is 3.88. The van der Waals surface area contributed by atoms with Gasteiger partial charge in [-0.05, 0) is 12.8 Å². The fourth-order valence-corrected chi connectivity index (χ4v) is 2.33. The van der Waals surface area contributed by atoms with E-state index in [9.17, 15) is 0 Å². The molecule has 0 aromatic rings. The molecule has 2 N–H and O–H groups in total. The molecule has 13 heavy (non-hydrogen) atoms. The maximum Gasteiger partial charge on any atom is 0.0598 e. The fourth-order valence-electron chi connectivity index (χ4n) is 2.11. The zero-order valence-corrected chi connectivity index (χ0v) is 8.69. The maximum absolute atomic E-state index is 6.03. The van der Waals surface area contributed by atoms with Gasteiger partial charge < -0.3 is 10.6 Å². The quantitative estimate of drug-likeness (QED) is 0.597. The molecular formula is C9H18ClN3. The Kier molecular flexibility index (Phi) is 3.44. The van der Waals surface area contributed by atoms with Crippen LogP contribution in [0, 0.1) is 0 Å². The summed E-state index contributed by atoms with van der Waals surface area (Å²) in [7, 11) is 0. The van der Waals surface area contributed by atoms with Crippen LogP contribution in [0.5, 0.6) is 0 Å². The van der Waals surface area contributed by atoms with Gasteiger partial charge in [0.15, 0.2) is 0 Å². The summed E-state index contributed by atoms with van der Waals surface area (Å²) in [5, 5.41) is 7.22. The Morgan fingerprint density at radius 2 is 1.92 bits per heavy atom. The summed E-state index contributed by atoms with van der Waals surface area (Å²) in [6.07, 6.45) is 2.94. The van der Waals surface area contributed by atoms with Crippen LogP contribution in [0.4, 0.5) is 0 Å². The zero-order chi connectivity index (χ0) is 9.10. The standard InChI is InChI=1S/C9H18ClN3/c10-8-1-2-9(12-7-8)13-5-3-11-4-6-13/h8-9,11-12H,1-7H2. The Balaban J connectivity index is 1.79. The van der Waals surface area contributed by atoms with Crippen LogP contribution in [0.2, 0.25) is 0 Å². The molecule has 76 valence electrons. The molecule has 0 bridgehead atoms. The number of nitrogens with one attached hydrogen (secondary N) is 2. The average Bonchev–Trinajstić information content (AvgIpc) is 2.20. The lowest BCUT2D eigenvalue weighted by Crippen LogP contribution is -2.56. The number of nitrogens with zero attached hydrogens (tertiary/aromatic N) is 1. The lowest BCUT2D eigenvalue weighted by atomic mass is 10.1. The topological polar surface area (TPSA) is 27.3 Å². The van der Waals surface area contributed by atoms with Gasteiger partial charge in [-0.15, -0.1) is 11.6 Å². The minimum atomic E-state index is 0.346. The molecule has 0 aliphatic carbocycles. The molecule has 2 rings (SSSR count). The van der Waals surface area contributed by atoms with Crippen molar-refractivity contribution >= 4 is 11.6 Å². The molecule has 2 aliphatic rings. The Morgan fingerprint density at radius 1 is 1.15 bits per heavy atom. The SMILES string of the molecule is ClC1CCC(N2CCNCC2)NC1. The first kappa shape index (κ1) is 9.71. The average molecular weight is 204 g/mol. The Labute approximate surface area is 84.8 Å². The van der Waals surface area contributed by atoms with Crippen LogP contribution < -0.4 is 10.6 Å². The smallest absolute Gasteiger partial charge is 0.0598 e. The van der Waals surface area contributed by atoms with Gasteiger partial charge in [0.05, 0.1) is 6.17 Å². The Hall–Kier alpha value is 0.170. The van der Waals surface area contributed by atoms with Gasteiger partial charge in [-0.3, -0.25) is 4.90 Å². The van der Waals surface area contributed by atoms with Crippen LogP contribution in [0.1, 0.15) is 12.8 Å². The molecule has 0 aromatic carbocycles. The van der Waals surface area contributed by atoms with Gasteiger partial charge in [-0.1, -0.05) is 0 Å². The van der Waals surface area contributed by atoms with Crippen molar-refractivity contribution in [2.45, 2.75) is 24.4 Å². The Morgan fingerprint density at radius 3 is 2.54 bits per heavy atom. The number of halogens is 1. The number of alkyl halides is 1. The summed E-state index contributed by atoms with van der Waals surface area (Å²) in [6.45, 7) is 5.57. The summed E-state index contributed by atoms with van der Waals surface area (Å²) in [4.78, 5) is 2.53. The lowest BCUT2D eigenvalue weighted by molar-refractivity contribution is 0.123. The first-order valence-corrected chi connectivity index (χ1v) is 5.62. The highest BCUT2D eigenvalue weighted by Crippen LogP contribution is 2.15. The minimum Gasteiger partial charge on any atom is -0.314 e. The van der Waals surface area contributed by atoms with Crippen molar-refractivity contribution in [3.05, 3.63) is 0 Å². The largest absolute Gasteiger partial charge is 0.314 e. The number of hydrogen-bond donors (Lipinski definition) is 2. The van der Waals surface area contributed by atoms with Gasteiger partial charge in [0.1, 0.15) is 0 Å². The third-order valence-corrected chi connectivity index (χ3v) is 3.29. The minimum absolute atomic E-state index is 0.346. The molecule has 2 aliphatic heterocycles. The van der Waals surface area contributed by atoms with Crippen molar-refractivity contribution in [2.75, 3.05) is 32.7 Å². The molecule has 0 saturated carbocycles. The van der Waals surface area contributed by atoms with E-state index in [4.69, 9.17) is 11.6 Å². The molecule has 3 nitrogen and oxygen atoms in total. The fraction of sp³-hybridized carbons (Fsp3) is 1.00. The number of hydrogen-bond acceptors (Lipinski definition) is 3. The molecule has 2 fully saturated rings. The van der Waals surface area contributed by atoms with Crippen LogP contribution in [-0.2, 0) is 0 Å². The van der Waals surface area contributed by atoms with Gasteiger partial charge >= 0.3 is 0 Å². The predicted molar refractivity (Wildman–Crippen MR) is 55.1 cm³/mol. The molecule has 2 atom stereocenters. The van der Waals surface area contributed by atoms with E-state index in [1.165, 1.54) is 19.5 Å². The van der Waals surface area contributed by atoms with Crippen LogP contribution in [0.25, 0.3) is 0 Å². The van der Waals surface area contributed by atoms with Crippen molar-refractivity contribution in [2.24, 2.45) is 0 Å². The summed E-state index contributed by atoms with van der Waals surface area (Å²) in [6, 6.07) is 0. The molecule has 4 heteroatoms. The molecule has 0 amide bonds. The highest BCUT2D eigenvalue weighted by molar-refractivity contribution is 6.20.